The number of rotatable bonds is 4. The van der Waals surface area contributed by atoms with Gasteiger partial charge in [-0.05, 0) is 0 Å². The van der Waals surface area contributed by atoms with Crippen LogP contribution in [0.1, 0.15) is 6.42 Å². The van der Waals surface area contributed by atoms with Crippen LogP contribution in [0.2, 0.25) is 0 Å². The Hall–Kier alpha value is -0.610. The summed E-state index contributed by atoms with van der Waals surface area (Å²) in [6.45, 7) is 0. The van der Waals surface area contributed by atoms with Crippen LogP contribution in [0.25, 0.3) is 0 Å². The maximum atomic E-state index is 10.4. The number of carboxylic acids is 1. The third-order valence-electron chi connectivity index (χ3n) is 0.899. The summed E-state index contributed by atoms with van der Waals surface area (Å²) in [5.41, 5.74) is 4.95. The molecule has 4 nitrogen and oxygen atoms in total. The van der Waals surface area contributed by atoms with E-state index in [-0.39, 0.29) is 12.3 Å². The van der Waals surface area contributed by atoms with Gasteiger partial charge in [0.25, 0.3) is 0 Å². The molecule has 0 aromatic carbocycles. The normalized spacial score (nSPS) is 12.6. The molecule has 0 aromatic heterocycles. The van der Waals surface area contributed by atoms with Crippen molar-refractivity contribution in [1.82, 2.24) is 0 Å². The molecule has 0 radical (unpaired) electrons. The van der Waals surface area contributed by atoms with Crippen LogP contribution < -0.4 is 10.8 Å². The van der Waals surface area contributed by atoms with Crippen molar-refractivity contribution in [3.8, 4) is 0 Å². The van der Waals surface area contributed by atoms with Crippen LogP contribution in [0.3, 0.4) is 0 Å². The Labute approximate surface area is 63.0 Å². The number of halogens is 1. The smallest absolute Gasteiger partial charge is 0.149 e. The molecule has 0 saturated carbocycles. The van der Waals surface area contributed by atoms with Gasteiger partial charge in [0.05, 0.1) is 17.9 Å². The van der Waals surface area contributed by atoms with Gasteiger partial charge in [0.15, 0.2) is 0 Å². The Balaban J connectivity index is 3.68. The van der Waals surface area contributed by atoms with E-state index in [9.17, 15) is 14.7 Å². The van der Waals surface area contributed by atoms with Crippen molar-refractivity contribution < 1.29 is 14.7 Å². The number of Topliss-reactive ketones (excluding diaryl/α,β-unsaturated/α-hetero) is 1. The lowest BCUT2D eigenvalue weighted by Gasteiger charge is -2.09. The number of carboxylic acid groups (broad SMARTS) is 1. The summed E-state index contributed by atoms with van der Waals surface area (Å²) >= 11 is 5.08. The van der Waals surface area contributed by atoms with Crippen LogP contribution in [0.15, 0.2) is 0 Å². The third-order valence-corrected chi connectivity index (χ3v) is 1.20. The van der Waals surface area contributed by atoms with Crippen LogP contribution in [-0.2, 0) is 9.59 Å². The van der Waals surface area contributed by atoms with E-state index in [4.69, 9.17) is 17.3 Å². The number of carbonyl (C=O) groups excluding carboxylic acids is 2. The first-order valence-electron chi connectivity index (χ1n) is 2.62. The second-order valence-corrected chi connectivity index (χ2v) is 2.07. The number of nitrogens with two attached hydrogens (primary N) is 1. The predicted molar refractivity (Wildman–Crippen MR) is 33.3 cm³/mol. The van der Waals surface area contributed by atoms with Gasteiger partial charge in [-0.15, -0.1) is 11.6 Å². The Morgan fingerprint density at radius 1 is 1.60 bits per heavy atom. The van der Waals surface area contributed by atoms with E-state index in [2.05, 4.69) is 0 Å². The van der Waals surface area contributed by atoms with Gasteiger partial charge in [-0.1, -0.05) is 0 Å². The highest BCUT2D eigenvalue weighted by atomic mass is 35.5. The van der Waals surface area contributed by atoms with E-state index in [1.165, 1.54) is 0 Å². The molecule has 2 N–H and O–H groups in total. The number of carbonyl (C=O) groups is 2. The Morgan fingerprint density at radius 3 is 2.40 bits per heavy atom. The van der Waals surface area contributed by atoms with Crippen LogP contribution in [0, 0.1) is 0 Å². The molecule has 0 amide bonds. The summed E-state index contributed by atoms with van der Waals surface area (Å²) in [6.07, 6.45) is -0.258. The quantitative estimate of drug-likeness (QED) is 0.500. The second-order valence-electron chi connectivity index (χ2n) is 1.80. The zero-order valence-corrected chi connectivity index (χ0v) is 5.93. The molecule has 58 valence electrons. The van der Waals surface area contributed by atoms with Gasteiger partial charge in [-0.2, -0.15) is 0 Å². The summed E-state index contributed by atoms with van der Waals surface area (Å²) in [5, 5.41) is 9.92. The first kappa shape index (κ1) is 9.39. The highest BCUT2D eigenvalue weighted by Gasteiger charge is 2.08. The number of ketones is 1. The molecular weight excluding hydrogens is 158 g/mol. The SMILES string of the molecule is NC(CC(=O)CCl)C(=O)[O-]. The molecule has 5 heteroatoms. The number of hydrogen-bond donors (Lipinski definition) is 1. The summed E-state index contributed by atoms with van der Waals surface area (Å²) in [6, 6.07) is -1.23. The molecule has 0 aromatic rings. The Kier molecular flexibility index (Phi) is 3.99. The number of hydrogen-bond acceptors (Lipinski definition) is 4. The van der Waals surface area contributed by atoms with Gasteiger partial charge in [-0.25, -0.2) is 0 Å². The van der Waals surface area contributed by atoms with Crippen LogP contribution >= 0.6 is 11.6 Å². The van der Waals surface area contributed by atoms with E-state index in [0.29, 0.717) is 0 Å². The minimum atomic E-state index is -1.43. The number of alkyl halides is 1. The van der Waals surface area contributed by atoms with Crippen LogP contribution in [0.4, 0.5) is 0 Å². The molecule has 0 bridgehead atoms. The van der Waals surface area contributed by atoms with Gasteiger partial charge in [-0.3, -0.25) is 4.79 Å². The minimum absolute atomic E-state index is 0.207. The summed E-state index contributed by atoms with van der Waals surface area (Å²) < 4.78 is 0. The molecule has 0 spiro atoms. The molecular formula is C5H7ClNO3-. The van der Waals surface area contributed by atoms with E-state index in [0.717, 1.165) is 0 Å². The van der Waals surface area contributed by atoms with E-state index in [1.807, 2.05) is 0 Å². The van der Waals surface area contributed by atoms with Gasteiger partial charge in [0, 0.05) is 6.42 Å². The Morgan fingerprint density at radius 2 is 2.10 bits per heavy atom. The highest BCUT2D eigenvalue weighted by molar-refractivity contribution is 6.27. The van der Waals surface area contributed by atoms with Gasteiger partial charge in [0.1, 0.15) is 5.78 Å². The minimum Gasteiger partial charge on any atom is -0.548 e. The summed E-state index contributed by atoms with van der Waals surface area (Å²) in [4.78, 5) is 20.3. The number of aliphatic carboxylic acids is 1. The fourth-order valence-corrected chi connectivity index (χ4v) is 0.492. The summed E-state index contributed by atoms with van der Waals surface area (Å²) in [7, 11) is 0. The van der Waals surface area contributed by atoms with E-state index < -0.39 is 17.8 Å². The maximum Gasteiger partial charge on any atom is 0.149 e. The Bertz CT molecular complexity index is 148. The molecule has 1 atom stereocenters. The molecule has 0 rings (SSSR count). The zero-order chi connectivity index (χ0) is 8.15. The molecule has 0 aliphatic carbocycles. The predicted octanol–water partition coefficient (Wildman–Crippen LogP) is -1.74. The van der Waals surface area contributed by atoms with Crippen molar-refractivity contribution in [2.75, 3.05) is 5.88 Å². The first-order valence-corrected chi connectivity index (χ1v) is 3.15. The fourth-order valence-electron chi connectivity index (χ4n) is 0.383. The van der Waals surface area contributed by atoms with Gasteiger partial charge < -0.3 is 15.6 Å². The highest BCUT2D eigenvalue weighted by Crippen LogP contribution is 1.90. The molecule has 1 unspecified atom stereocenters. The lowest BCUT2D eigenvalue weighted by Crippen LogP contribution is -2.43. The maximum absolute atomic E-state index is 10.4. The molecule has 0 aliphatic rings. The van der Waals surface area contributed by atoms with Crippen molar-refractivity contribution in [2.45, 2.75) is 12.5 Å². The third kappa shape index (κ3) is 3.42. The van der Waals surface area contributed by atoms with Crippen LogP contribution in [-0.4, -0.2) is 23.7 Å². The summed E-state index contributed by atoms with van der Waals surface area (Å²) in [5.74, 6) is -2.03. The molecule has 0 saturated heterocycles. The average molecular weight is 165 g/mol. The lowest BCUT2D eigenvalue weighted by atomic mass is 10.2. The van der Waals surface area contributed by atoms with Crippen LogP contribution in [0.5, 0.6) is 0 Å². The molecule has 0 fully saturated rings. The van der Waals surface area contributed by atoms with Gasteiger partial charge in [0.2, 0.25) is 0 Å². The molecule has 0 heterocycles. The lowest BCUT2D eigenvalue weighted by molar-refractivity contribution is -0.307. The van der Waals surface area contributed by atoms with Crippen molar-refractivity contribution in [3.63, 3.8) is 0 Å². The van der Waals surface area contributed by atoms with Crippen molar-refractivity contribution in [3.05, 3.63) is 0 Å². The van der Waals surface area contributed by atoms with Crippen molar-refractivity contribution >= 4 is 23.4 Å². The second kappa shape index (κ2) is 4.24. The van der Waals surface area contributed by atoms with Crippen molar-refractivity contribution in [2.24, 2.45) is 5.73 Å². The first-order chi connectivity index (χ1) is 4.57. The zero-order valence-electron chi connectivity index (χ0n) is 5.17. The molecule has 10 heavy (non-hydrogen) atoms. The largest absolute Gasteiger partial charge is 0.548 e. The van der Waals surface area contributed by atoms with E-state index >= 15 is 0 Å². The standard InChI is InChI=1S/C5H8ClNO3/c6-2-3(8)1-4(7)5(9)10/h4H,1-2,7H2,(H,9,10)/p-1. The van der Waals surface area contributed by atoms with E-state index in [1.54, 1.807) is 0 Å². The average Bonchev–Trinajstić information content (AvgIpc) is 1.87. The monoisotopic (exact) mass is 164 g/mol. The topological polar surface area (TPSA) is 83.2 Å². The van der Waals surface area contributed by atoms with Crippen molar-refractivity contribution in [1.29, 1.82) is 0 Å². The van der Waals surface area contributed by atoms with Gasteiger partial charge >= 0.3 is 0 Å². The fraction of sp³-hybridized carbons (Fsp3) is 0.600. The molecule has 0 aliphatic heterocycles.